The van der Waals surface area contributed by atoms with E-state index >= 15 is 0 Å². The quantitative estimate of drug-likeness (QED) is 0.427. The van der Waals surface area contributed by atoms with Crippen LogP contribution in [0.5, 0.6) is 23.1 Å². The summed E-state index contributed by atoms with van der Waals surface area (Å²) in [5.74, 6) is 2.10. The number of aromatic carboxylic acids is 1. The zero-order valence-electron chi connectivity index (χ0n) is 19.2. The molecule has 0 bridgehead atoms. The Hall–Kier alpha value is -4.07. The highest BCUT2D eigenvalue weighted by molar-refractivity contribution is 5.90. The number of methoxy groups -OCH3 is 1. The fourth-order valence-electron chi connectivity index (χ4n) is 3.79. The van der Waals surface area contributed by atoms with Crippen LogP contribution < -0.4 is 14.2 Å². The second kappa shape index (κ2) is 8.82. The summed E-state index contributed by atoms with van der Waals surface area (Å²) in [5.41, 5.74) is 4.24. The van der Waals surface area contributed by atoms with E-state index in [9.17, 15) is 9.90 Å². The van der Waals surface area contributed by atoms with Gasteiger partial charge in [-0.1, -0.05) is 6.07 Å². The van der Waals surface area contributed by atoms with Crippen molar-refractivity contribution in [3.8, 4) is 23.1 Å². The van der Waals surface area contributed by atoms with Crippen molar-refractivity contribution in [3.63, 3.8) is 0 Å². The molecule has 0 spiro atoms. The normalized spacial score (nSPS) is 10.9. The largest absolute Gasteiger partial charge is 0.496 e. The van der Waals surface area contributed by atoms with Crippen LogP contribution in [0.4, 0.5) is 0 Å². The average molecular weight is 447 g/mol. The highest BCUT2D eigenvalue weighted by Gasteiger charge is 2.15. The standard InChI is InChI=1S/C25H25N3O5/c1-14-12-26-24(16(3)23(14)31-5)33-17-9-10-19-20(11-17)28(4)22(27-19)13-32-21-8-6-7-18(15(21)2)25(29)30/h6-12H,13H2,1-5H3,(H,29,30). The van der Waals surface area contributed by atoms with Crippen molar-refractivity contribution in [3.05, 3.63) is 70.7 Å². The first-order chi connectivity index (χ1) is 15.8. The molecule has 2 heterocycles. The number of hydrogen-bond acceptors (Lipinski definition) is 6. The maximum atomic E-state index is 11.4. The maximum Gasteiger partial charge on any atom is 0.336 e. The van der Waals surface area contributed by atoms with Crippen molar-refractivity contribution in [2.24, 2.45) is 7.05 Å². The molecule has 4 rings (SSSR count). The van der Waals surface area contributed by atoms with Crippen LogP contribution in [0.2, 0.25) is 0 Å². The third kappa shape index (κ3) is 4.19. The molecular weight excluding hydrogens is 422 g/mol. The van der Waals surface area contributed by atoms with Gasteiger partial charge in [-0.05, 0) is 45.0 Å². The third-order valence-corrected chi connectivity index (χ3v) is 5.63. The van der Waals surface area contributed by atoms with Gasteiger partial charge in [0.2, 0.25) is 5.88 Å². The molecule has 0 saturated heterocycles. The number of hydrogen-bond donors (Lipinski definition) is 1. The minimum Gasteiger partial charge on any atom is -0.496 e. The van der Waals surface area contributed by atoms with Gasteiger partial charge in [-0.25, -0.2) is 14.8 Å². The van der Waals surface area contributed by atoms with Crippen LogP contribution in [-0.2, 0) is 13.7 Å². The van der Waals surface area contributed by atoms with E-state index < -0.39 is 5.97 Å². The molecule has 0 unspecified atom stereocenters. The summed E-state index contributed by atoms with van der Waals surface area (Å²) in [5, 5.41) is 9.31. The zero-order chi connectivity index (χ0) is 23.7. The Labute approximate surface area is 191 Å². The van der Waals surface area contributed by atoms with E-state index in [0.29, 0.717) is 28.8 Å². The molecule has 170 valence electrons. The van der Waals surface area contributed by atoms with Gasteiger partial charge in [-0.15, -0.1) is 0 Å². The van der Waals surface area contributed by atoms with Gasteiger partial charge in [0.1, 0.15) is 29.7 Å². The Morgan fingerprint density at radius 3 is 2.64 bits per heavy atom. The fraction of sp³-hybridized carbons (Fsp3) is 0.240. The topological polar surface area (TPSA) is 95.7 Å². The fourth-order valence-corrected chi connectivity index (χ4v) is 3.79. The summed E-state index contributed by atoms with van der Waals surface area (Å²) in [6, 6.07) is 10.6. The first-order valence-electron chi connectivity index (χ1n) is 10.4. The monoisotopic (exact) mass is 447 g/mol. The highest BCUT2D eigenvalue weighted by atomic mass is 16.5. The lowest BCUT2D eigenvalue weighted by atomic mass is 10.1. The second-order valence-electron chi connectivity index (χ2n) is 7.77. The molecular formula is C25H25N3O5. The number of aryl methyl sites for hydroxylation is 2. The van der Waals surface area contributed by atoms with Crippen LogP contribution in [-0.4, -0.2) is 32.7 Å². The van der Waals surface area contributed by atoms with Gasteiger partial charge in [0.05, 0.1) is 29.3 Å². The number of fused-ring (bicyclic) bond motifs is 1. The minimum atomic E-state index is -0.982. The molecule has 8 nitrogen and oxygen atoms in total. The van der Waals surface area contributed by atoms with Crippen LogP contribution in [0.25, 0.3) is 11.0 Å². The van der Waals surface area contributed by atoms with Crippen molar-refractivity contribution in [1.82, 2.24) is 14.5 Å². The zero-order valence-corrected chi connectivity index (χ0v) is 19.2. The second-order valence-corrected chi connectivity index (χ2v) is 7.77. The van der Waals surface area contributed by atoms with E-state index in [1.807, 2.05) is 43.7 Å². The molecule has 8 heteroatoms. The number of carboxylic acids is 1. The molecule has 0 aliphatic carbocycles. The molecule has 33 heavy (non-hydrogen) atoms. The minimum absolute atomic E-state index is 0.196. The van der Waals surface area contributed by atoms with Crippen LogP contribution >= 0.6 is 0 Å². The lowest BCUT2D eigenvalue weighted by Crippen LogP contribution is -2.06. The first kappa shape index (κ1) is 22.1. The van der Waals surface area contributed by atoms with Gasteiger partial charge in [0.15, 0.2) is 0 Å². The van der Waals surface area contributed by atoms with Crippen LogP contribution in [0.1, 0.15) is 32.9 Å². The Balaban J connectivity index is 1.58. The molecule has 0 fully saturated rings. The van der Waals surface area contributed by atoms with E-state index in [1.54, 1.807) is 38.4 Å². The smallest absolute Gasteiger partial charge is 0.336 e. The number of imidazole rings is 1. The number of rotatable bonds is 7. The van der Waals surface area contributed by atoms with E-state index in [-0.39, 0.29) is 12.2 Å². The number of benzene rings is 2. The molecule has 1 N–H and O–H groups in total. The van der Waals surface area contributed by atoms with E-state index in [2.05, 4.69) is 9.97 Å². The van der Waals surface area contributed by atoms with Crippen molar-refractivity contribution < 1.29 is 24.1 Å². The molecule has 4 aromatic rings. The molecule has 0 atom stereocenters. The summed E-state index contributed by atoms with van der Waals surface area (Å²) in [7, 11) is 3.53. The summed E-state index contributed by atoms with van der Waals surface area (Å²) in [6.07, 6.45) is 1.72. The SMILES string of the molecule is COc1c(C)cnc(Oc2ccc3nc(COc4cccc(C(=O)O)c4C)n(C)c3c2)c1C. The van der Waals surface area contributed by atoms with Gasteiger partial charge in [0, 0.05) is 30.4 Å². The molecule has 2 aromatic heterocycles. The van der Waals surface area contributed by atoms with E-state index in [1.165, 1.54) is 0 Å². The number of pyridine rings is 1. The first-order valence-corrected chi connectivity index (χ1v) is 10.4. The van der Waals surface area contributed by atoms with Crippen LogP contribution in [0.15, 0.2) is 42.6 Å². The van der Waals surface area contributed by atoms with E-state index in [0.717, 1.165) is 27.9 Å². The Morgan fingerprint density at radius 2 is 1.91 bits per heavy atom. The van der Waals surface area contributed by atoms with Gasteiger partial charge >= 0.3 is 5.97 Å². The number of carbonyl (C=O) groups is 1. The summed E-state index contributed by atoms with van der Waals surface area (Å²) >= 11 is 0. The van der Waals surface area contributed by atoms with Gasteiger partial charge < -0.3 is 23.9 Å². The maximum absolute atomic E-state index is 11.4. The van der Waals surface area contributed by atoms with Gasteiger partial charge in [-0.2, -0.15) is 0 Å². The van der Waals surface area contributed by atoms with Crippen molar-refractivity contribution in [1.29, 1.82) is 0 Å². The lowest BCUT2D eigenvalue weighted by molar-refractivity contribution is 0.0695. The molecule has 0 aliphatic heterocycles. The third-order valence-electron chi connectivity index (χ3n) is 5.63. The number of nitrogens with zero attached hydrogens (tertiary/aromatic N) is 3. The predicted octanol–water partition coefficient (Wildman–Crippen LogP) is 4.97. The van der Waals surface area contributed by atoms with Crippen LogP contribution in [0, 0.1) is 20.8 Å². The molecule has 0 aliphatic rings. The van der Waals surface area contributed by atoms with Crippen molar-refractivity contribution >= 4 is 17.0 Å². The molecule has 0 saturated carbocycles. The Kier molecular flexibility index (Phi) is 5.91. The summed E-state index contributed by atoms with van der Waals surface area (Å²) < 4.78 is 19.3. The number of carboxylic acid groups (broad SMARTS) is 1. The van der Waals surface area contributed by atoms with Crippen molar-refractivity contribution in [2.45, 2.75) is 27.4 Å². The van der Waals surface area contributed by atoms with Gasteiger partial charge in [-0.3, -0.25) is 0 Å². The molecule has 0 amide bonds. The van der Waals surface area contributed by atoms with E-state index in [4.69, 9.17) is 14.2 Å². The van der Waals surface area contributed by atoms with Gasteiger partial charge in [0.25, 0.3) is 0 Å². The summed E-state index contributed by atoms with van der Waals surface area (Å²) in [6.45, 7) is 5.77. The average Bonchev–Trinajstić information content (AvgIpc) is 3.10. The molecule has 2 aromatic carbocycles. The number of aromatic nitrogens is 3. The van der Waals surface area contributed by atoms with Crippen LogP contribution in [0.3, 0.4) is 0 Å². The lowest BCUT2D eigenvalue weighted by Gasteiger charge is -2.13. The Bertz CT molecular complexity index is 1360. The highest BCUT2D eigenvalue weighted by Crippen LogP contribution is 2.33. The van der Waals surface area contributed by atoms with Crippen molar-refractivity contribution in [2.75, 3.05) is 7.11 Å². The number of ether oxygens (including phenoxy) is 3. The predicted molar refractivity (Wildman–Crippen MR) is 124 cm³/mol. The molecule has 0 radical (unpaired) electrons. The Morgan fingerprint density at radius 1 is 1.12 bits per heavy atom. The summed E-state index contributed by atoms with van der Waals surface area (Å²) in [4.78, 5) is 20.4.